The minimum atomic E-state index is -0.0954. The molecule has 5 nitrogen and oxygen atoms in total. The number of aromatic nitrogens is 4. The van der Waals surface area contributed by atoms with Gasteiger partial charge in [-0.15, -0.1) is 5.10 Å². The van der Waals surface area contributed by atoms with E-state index in [1.807, 2.05) is 12.4 Å². The van der Waals surface area contributed by atoms with E-state index in [-0.39, 0.29) is 11.5 Å². The molecular weight excluding hydrogens is 258 g/mol. The van der Waals surface area contributed by atoms with Crippen LogP contribution in [0.1, 0.15) is 50.1 Å². The van der Waals surface area contributed by atoms with Gasteiger partial charge in [-0.3, -0.25) is 0 Å². The molecule has 0 amide bonds. The van der Waals surface area contributed by atoms with Gasteiger partial charge in [0.15, 0.2) is 0 Å². The van der Waals surface area contributed by atoms with Gasteiger partial charge >= 0.3 is 0 Å². The quantitative estimate of drug-likeness (QED) is 0.932. The number of nitrogens with zero attached hydrogens (tertiary/aromatic N) is 4. The number of hydrogen-bond donors (Lipinski definition) is 1. The van der Waals surface area contributed by atoms with Crippen LogP contribution in [0.15, 0.2) is 12.4 Å². The van der Waals surface area contributed by atoms with Gasteiger partial charge in [0.1, 0.15) is 5.82 Å². The normalized spacial score (nSPS) is 13.7. The summed E-state index contributed by atoms with van der Waals surface area (Å²) in [5.74, 6) is 1.02. The SMILES string of the molecule is CCn1ccnc1CC(N)c1snnc1C(C)(C)C. The number of hydrogen-bond acceptors (Lipinski definition) is 5. The molecule has 2 aromatic heterocycles. The largest absolute Gasteiger partial charge is 0.335 e. The van der Waals surface area contributed by atoms with Crippen LogP contribution in [0.2, 0.25) is 0 Å². The van der Waals surface area contributed by atoms with Crippen molar-refractivity contribution >= 4 is 11.5 Å². The first-order valence-electron chi connectivity index (χ1n) is 6.51. The van der Waals surface area contributed by atoms with Crippen molar-refractivity contribution in [2.75, 3.05) is 0 Å². The van der Waals surface area contributed by atoms with E-state index in [4.69, 9.17) is 5.73 Å². The minimum Gasteiger partial charge on any atom is -0.335 e. The molecule has 0 aliphatic heterocycles. The van der Waals surface area contributed by atoms with Gasteiger partial charge in [0, 0.05) is 36.8 Å². The summed E-state index contributed by atoms with van der Waals surface area (Å²) in [7, 11) is 0. The topological polar surface area (TPSA) is 69.6 Å². The third-order valence-corrected chi connectivity index (χ3v) is 3.96. The average molecular weight is 279 g/mol. The maximum atomic E-state index is 6.33. The zero-order valence-electron chi connectivity index (χ0n) is 11.9. The fourth-order valence-corrected chi connectivity index (χ4v) is 2.93. The number of nitrogens with two attached hydrogens (primary N) is 1. The molecule has 0 aliphatic rings. The molecule has 2 N–H and O–H groups in total. The Morgan fingerprint density at radius 2 is 2.16 bits per heavy atom. The predicted octanol–water partition coefficient (Wildman–Crippen LogP) is 2.29. The standard InChI is InChI=1S/C13H21N5S/c1-5-18-7-6-15-10(18)8-9(14)11-12(13(2,3)4)16-17-19-11/h6-7,9H,5,8,14H2,1-4H3. The Hall–Kier alpha value is -1.27. The first-order valence-corrected chi connectivity index (χ1v) is 7.29. The van der Waals surface area contributed by atoms with Crippen molar-refractivity contribution in [1.29, 1.82) is 0 Å². The van der Waals surface area contributed by atoms with E-state index >= 15 is 0 Å². The lowest BCUT2D eigenvalue weighted by atomic mass is 9.89. The van der Waals surface area contributed by atoms with Crippen molar-refractivity contribution in [3.63, 3.8) is 0 Å². The maximum Gasteiger partial charge on any atom is 0.110 e. The molecule has 0 spiro atoms. The molecule has 2 heterocycles. The van der Waals surface area contributed by atoms with Crippen LogP contribution in [0.25, 0.3) is 0 Å². The summed E-state index contributed by atoms with van der Waals surface area (Å²) in [6, 6.07) is -0.0954. The molecule has 1 atom stereocenters. The third kappa shape index (κ3) is 3.01. The molecule has 0 fully saturated rings. The Bertz CT molecular complexity index is 537. The Balaban J connectivity index is 2.21. The number of imidazole rings is 1. The van der Waals surface area contributed by atoms with E-state index in [0.717, 1.165) is 22.9 Å². The highest BCUT2D eigenvalue weighted by atomic mass is 32.1. The van der Waals surface area contributed by atoms with Crippen LogP contribution in [0, 0.1) is 0 Å². The number of aryl methyl sites for hydroxylation is 1. The van der Waals surface area contributed by atoms with E-state index in [9.17, 15) is 0 Å². The Morgan fingerprint density at radius 1 is 1.42 bits per heavy atom. The van der Waals surface area contributed by atoms with Crippen LogP contribution in [0.4, 0.5) is 0 Å². The fraction of sp³-hybridized carbons (Fsp3) is 0.615. The molecule has 2 aromatic rings. The van der Waals surface area contributed by atoms with Crippen molar-refractivity contribution < 1.29 is 0 Å². The summed E-state index contributed by atoms with van der Waals surface area (Å²) in [4.78, 5) is 5.44. The second-order valence-electron chi connectivity index (χ2n) is 5.68. The highest BCUT2D eigenvalue weighted by Crippen LogP contribution is 2.30. The molecule has 0 aromatic carbocycles. The van der Waals surface area contributed by atoms with Gasteiger partial charge in [0.25, 0.3) is 0 Å². The fourth-order valence-electron chi connectivity index (χ4n) is 2.07. The molecule has 104 valence electrons. The summed E-state index contributed by atoms with van der Waals surface area (Å²) in [6.45, 7) is 9.41. The summed E-state index contributed by atoms with van der Waals surface area (Å²) >= 11 is 1.40. The molecule has 0 saturated heterocycles. The molecular formula is C13H21N5S. The summed E-state index contributed by atoms with van der Waals surface area (Å²) in [5.41, 5.74) is 7.30. The maximum absolute atomic E-state index is 6.33. The van der Waals surface area contributed by atoms with Gasteiger partial charge in [-0.1, -0.05) is 25.3 Å². The highest BCUT2D eigenvalue weighted by molar-refractivity contribution is 7.05. The van der Waals surface area contributed by atoms with Crippen molar-refractivity contribution in [3.8, 4) is 0 Å². The van der Waals surface area contributed by atoms with Crippen molar-refractivity contribution in [1.82, 2.24) is 19.1 Å². The van der Waals surface area contributed by atoms with E-state index in [2.05, 4.69) is 46.8 Å². The Kier molecular flexibility index (Phi) is 4.01. The van der Waals surface area contributed by atoms with Gasteiger partial charge in [-0.2, -0.15) is 0 Å². The van der Waals surface area contributed by atoms with Gasteiger partial charge in [-0.05, 0) is 18.5 Å². The lowest BCUT2D eigenvalue weighted by Gasteiger charge is -2.19. The molecule has 6 heteroatoms. The van der Waals surface area contributed by atoms with Crippen molar-refractivity contribution in [2.24, 2.45) is 5.73 Å². The van der Waals surface area contributed by atoms with Gasteiger partial charge in [-0.25, -0.2) is 4.98 Å². The monoisotopic (exact) mass is 279 g/mol. The highest BCUT2D eigenvalue weighted by Gasteiger charge is 2.26. The zero-order valence-corrected chi connectivity index (χ0v) is 12.7. The Labute approximate surface area is 118 Å². The summed E-state index contributed by atoms with van der Waals surface area (Å²) in [6.07, 6.45) is 4.52. The minimum absolute atomic E-state index is 0.0276. The van der Waals surface area contributed by atoms with Crippen LogP contribution in [-0.2, 0) is 18.4 Å². The molecule has 0 bridgehead atoms. The second-order valence-corrected chi connectivity index (χ2v) is 6.46. The van der Waals surface area contributed by atoms with E-state index in [1.165, 1.54) is 11.5 Å². The molecule has 0 radical (unpaired) electrons. The van der Waals surface area contributed by atoms with Crippen LogP contribution in [0.5, 0.6) is 0 Å². The second kappa shape index (κ2) is 5.38. The van der Waals surface area contributed by atoms with E-state index < -0.39 is 0 Å². The Morgan fingerprint density at radius 3 is 2.79 bits per heavy atom. The van der Waals surface area contributed by atoms with Crippen LogP contribution in [-0.4, -0.2) is 19.1 Å². The predicted molar refractivity (Wildman–Crippen MR) is 77.1 cm³/mol. The van der Waals surface area contributed by atoms with Crippen LogP contribution >= 0.6 is 11.5 Å². The lowest BCUT2D eigenvalue weighted by molar-refractivity contribution is 0.545. The molecule has 19 heavy (non-hydrogen) atoms. The lowest BCUT2D eigenvalue weighted by Crippen LogP contribution is -2.21. The average Bonchev–Trinajstić information content (AvgIpc) is 2.95. The first kappa shape index (κ1) is 14.1. The van der Waals surface area contributed by atoms with Gasteiger partial charge in [0.2, 0.25) is 0 Å². The van der Waals surface area contributed by atoms with Crippen molar-refractivity contribution in [2.45, 2.75) is 52.1 Å². The smallest absolute Gasteiger partial charge is 0.110 e. The third-order valence-electron chi connectivity index (χ3n) is 3.11. The zero-order chi connectivity index (χ0) is 14.0. The van der Waals surface area contributed by atoms with E-state index in [0.29, 0.717) is 6.42 Å². The van der Waals surface area contributed by atoms with E-state index in [1.54, 1.807) is 0 Å². The molecule has 2 rings (SSSR count). The first-order chi connectivity index (χ1) is 8.93. The van der Waals surface area contributed by atoms with Crippen LogP contribution < -0.4 is 5.73 Å². The van der Waals surface area contributed by atoms with Crippen LogP contribution in [0.3, 0.4) is 0 Å². The van der Waals surface area contributed by atoms with Gasteiger partial charge in [0.05, 0.1) is 10.6 Å². The summed E-state index contributed by atoms with van der Waals surface area (Å²) in [5, 5.41) is 4.24. The summed E-state index contributed by atoms with van der Waals surface area (Å²) < 4.78 is 6.18. The van der Waals surface area contributed by atoms with Crippen molar-refractivity contribution in [3.05, 3.63) is 28.8 Å². The number of rotatable bonds is 4. The molecule has 0 saturated carbocycles. The molecule has 0 aliphatic carbocycles. The van der Waals surface area contributed by atoms with Gasteiger partial charge < -0.3 is 10.3 Å². The molecule has 1 unspecified atom stereocenters.